The van der Waals surface area contributed by atoms with Crippen molar-refractivity contribution in [2.75, 3.05) is 13.6 Å². The van der Waals surface area contributed by atoms with Gasteiger partial charge in [-0.3, -0.25) is 0 Å². The van der Waals surface area contributed by atoms with E-state index in [-0.39, 0.29) is 5.92 Å². The Morgan fingerprint density at radius 2 is 1.71 bits per heavy atom. The maximum absolute atomic E-state index is 6.44. The van der Waals surface area contributed by atoms with Crippen molar-refractivity contribution in [3.8, 4) is 5.69 Å². The van der Waals surface area contributed by atoms with Crippen LogP contribution in [0.5, 0.6) is 0 Å². The lowest BCUT2D eigenvalue weighted by Crippen LogP contribution is -2.31. The van der Waals surface area contributed by atoms with E-state index in [2.05, 4.69) is 59.2 Å². The molecule has 0 amide bonds. The average Bonchev–Trinajstić information content (AvgIpc) is 3.10. The monoisotopic (exact) mass is 356 g/mol. The van der Waals surface area contributed by atoms with Crippen molar-refractivity contribution >= 4 is 23.2 Å². The molecule has 1 aliphatic heterocycles. The van der Waals surface area contributed by atoms with E-state index in [0.717, 1.165) is 23.8 Å². The van der Waals surface area contributed by atoms with Crippen molar-refractivity contribution in [1.82, 2.24) is 9.47 Å². The Labute approximate surface area is 152 Å². The molecule has 0 bridgehead atoms. The smallest absolute Gasteiger partial charge is 0.0468 e. The predicted molar refractivity (Wildman–Crippen MR) is 100 cm³/mol. The molecule has 1 aliphatic rings. The Morgan fingerprint density at radius 1 is 1.00 bits per heavy atom. The van der Waals surface area contributed by atoms with E-state index in [0.29, 0.717) is 5.02 Å². The molecule has 24 heavy (non-hydrogen) atoms. The van der Waals surface area contributed by atoms with Gasteiger partial charge in [0.15, 0.2) is 0 Å². The molecule has 0 radical (unpaired) electrons. The van der Waals surface area contributed by atoms with Crippen molar-refractivity contribution in [1.29, 1.82) is 0 Å². The van der Waals surface area contributed by atoms with Gasteiger partial charge in [0, 0.05) is 47.1 Å². The molecule has 2 heterocycles. The Balaban J connectivity index is 1.75. The van der Waals surface area contributed by atoms with Gasteiger partial charge in [0.2, 0.25) is 0 Å². The number of nitrogens with zero attached hydrogens (tertiary/aromatic N) is 2. The molecule has 0 N–H and O–H groups in total. The molecule has 0 aliphatic carbocycles. The van der Waals surface area contributed by atoms with Gasteiger partial charge in [0.05, 0.1) is 0 Å². The molecule has 0 fully saturated rings. The first-order valence-electron chi connectivity index (χ1n) is 8.01. The zero-order valence-corrected chi connectivity index (χ0v) is 14.9. The third kappa shape index (κ3) is 2.86. The third-order valence-corrected chi connectivity index (χ3v) is 5.25. The third-order valence-electron chi connectivity index (χ3n) is 4.69. The molecular weight excluding hydrogens is 339 g/mol. The summed E-state index contributed by atoms with van der Waals surface area (Å²) in [5.41, 5.74) is 4.89. The quantitative estimate of drug-likeness (QED) is 0.599. The fourth-order valence-corrected chi connectivity index (χ4v) is 4.08. The number of aromatic nitrogens is 1. The average molecular weight is 357 g/mol. The van der Waals surface area contributed by atoms with Crippen LogP contribution in [-0.2, 0) is 6.54 Å². The first kappa shape index (κ1) is 15.8. The lowest BCUT2D eigenvalue weighted by molar-refractivity contribution is 0.295. The van der Waals surface area contributed by atoms with E-state index in [1.54, 1.807) is 0 Å². The molecule has 0 saturated heterocycles. The highest BCUT2D eigenvalue weighted by Gasteiger charge is 2.26. The molecule has 122 valence electrons. The van der Waals surface area contributed by atoms with Crippen molar-refractivity contribution in [2.45, 2.75) is 12.5 Å². The van der Waals surface area contributed by atoms with Crippen LogP contribution in [0.4, 0.5) is 0 Å². The van der Waals surface area contributed by atoms with Gasteiger partial charge in [0.1, 0.15) is 0 Å². The maximum atomic E-state index is 6.44. The zero-order chi connectivity index (χ0) is 16.7. The van der Waals surface area contributed by atoms with E-state index >= 15 is 0 Å². The Bertz CT molecular complexity index is 854. The van der Waals surface area contributed by atoms with E-state index in [4.69, 9.17) is 23.2 Å². The first-order chi connectivity index (χ1) is 11.6. The standard InChI is InChI=1S/C20H18Cl2N2/c1-23-12-18(17-10-15(21)11-20(22)19(17)13-23)14-4-6-16(7-5-14)24-8-2-3-9-24/h2-11,18H,12-13H2,1H3. The number of hydrogen-bond acceptors (Lipinski definition) is 1. The number of likely N-dealkylation sites (N-methyl/N-ethyl adjacent to an activating group) is 1. The van der Waals surface area contributed by atoms with Crippen LogP contribution in [0.1, 0.15) is 22.6 Å². The van der Waals surface area contributed by atoms with E-state index in [9.17, 15) is 0 Å². The van der Waals surface area contributed by atoms with Crippen LogP contribution in [0, 0.1) is 0 Å². The maximum Gasteiger partial charge on any atom is 0.0468 e. The molecule has 4 heteroatoms. The van der Waals surface area contributed by atoms with Crippen LogP contribution >= 0.6 is 23.2 Å². The molecule has 0 spiro atoms. The second-order valence-electron chi connectivity index (χ2n) is 6.39. The molecular formula is C20H18Cl2N2. The van der Waals surface area contributed by atoms with Crippen molar-refractivity contribution in [3.63, 3.8) is 0 Å². The Hall–Kier alpha value is -1.74. The van der Waals surface area contributed by atoms with Gasteiger partial charge in [-0.15, -0.1) is 0 Å². The minimum atomic E-state index is 0.286. The highest BCUT2D eigenvalue weighted by Crippen LogP contribution is 2.38. The lowest BCUT2D eigenvalue weighted by Gasteiger charge is -2.33. The van der Waals surface area contributed by atoms with E-state index in [1.807, 2.05) is 18.2 Å². The summed E-state index contributed by atoms with van der Waals surface area (Å²) < 4.78 is 2.11. The normalized spacial score (nSPS) is 17.7. The van der Waals surface area contributed by atoms with Crippen LogP contribution in [-0.4, -0.2) is 23.1 Å². The van der Waals surface area contributed by atoms with E-state index < -0.39 is 0 Å². The number of hydrogen-bond donors (Lipinski definition) is 0. The minimum absolute atomic E-state index is 0.286. The van der Waals surface area contributed by atoms with Crippen molar-refractivity contribution in [2.24, 2.45) is 0 Å². The zero-order valence-electron chi connectivity index (χ0n) is 13.4. The molecule has 1 aromatic heterocycles. The second-order valence-corrected chi connectivity index (χ2v) is 7.23. The summed E-state index contributed by atoms with van der Waals surface area (Å²) in [6, 6.07) is 16.7. The molecule has 0 saturated carbocycles. The summed E-state index contributed by atoms with van der Waals surface area (Å²) in [5.74, 6) is 0.286. The number of rotatable bonds is 2. The molecule has 4 rings (SSSR count). The van der Waals surface area contributed by atoms with Gasteiger partial charge in [0.25, 0.3) is 0 Å². The summed E-state index contributed by atoms with van der Waals surface area (Å²) in [6.07, 6.45) is 4.11. The highest BCUT2D eigenvalue weighted by atomic mass is 35.5. The summed E-state index contributed by atoms with van der Waals surface area (Å²) in [7, 11) is 2.13. The molecule has 2 nitrogen and oxygen atoms in total. The second kappa shape index (κ2) is 6.29. The number of fused-ring (bicyclic) bond motifs is 1. The van der Waals surface area contributed by atoms with Crippen LogP contribution < -0.4 is 0 Å². The van der Waals surface area contributed by atoms with Crippen molar-refractivity contribution < 1.29 is 0 Å². The topological polar surface area (TPSA) is 8.17 Å². The number of halogens is 2. The predicted octanol–water partition coefficient (Wildman–Crippen LogP) is 5.36. The van der Waals surface area contributed by atoms with Gasteiger partial charge in [-0.25, -0.2) is 0 Å². The summed E-state index contributed by atoms with van der Waals surface area (Å²) in [4.78, 5) is 2.31. The van der Waals surface area contributed by atoms with Crippen molar-refractivity contribution in [3.05, 3.63) is 87.7 Å². The SMILES string of the molecule is CN1Cc2c(Cl)cc(Cl)cc2C(c2ccc(-n3cccc3)cc2)C1. The first-order valence-corrected chi connectivity index (χ1v) is 8.77. The summed E-state index contributed by atoms with van der Waals surface area (Å²) >= 11 is 12.7. The van der Waals surface area contributed by atoms with Crippen LogP contribution in [0.2, 0.25) is 10.0 Å². The summed E-state index contributed by atoms with van der Waals surface area (Å²) in [6.45, 7) is 1.83. The fourth-order valence-electron chi connectivity index (χ4n) is 3.52. The van der Waals surface area contributed by atoms with Gasteiger partial charge in [-0.1, -0.05) is 35.3 Å². The molecule has 1 unspecified atom stereocenters. The molecule has 1 atom stereocenters. The Kier molecular flexibility index (Phi) is 4.13. The Morgan fingerprint density at radius 3 is 2.42 bits per heavy atom. The largest absolute Gasteiger partial charge is 0.324 e. The highest BCUT2D eigenvalue weighted by molar-refractivity contribution is 6.35. The molecule has 2 aromatic carbocycles. The minimum Gasteiger partial charge on any atom is -0.324 e. The van der Waals surface area contributed by atoms with Gasteiger partial charge in [-0.05, 0) is 60.1 Å². The van der Waals surface area contributed by atoms with Crippen LogP contribution in [0.25, 0.3) is 5.69 Å². The van der Waals surface area contributed by atoms with Gasteiger partial charge < -0.3 is 9.47 Å². The van der Waals surface area contributed by atoms with Crippen LogP contribution in [0.3, 0.4) is 0 Å². The number of benzene rings is 2. The van der Waals surface area contributed by atoms with Crippen LogP contribution in [0.15, 0.2) is 60.9 Å². The van der Waals surface area contributed by atoms with E-state index in [1.165, 1.54) is 16.7 Å². The molecule has 3 aromatic rings. The summed E-state index contributed by atoms with van der Waals surface area (Å²) in [5, 5.41) is 1.47. The van der Waals surface area contributed by atoms with Gasteiger partial charge in [-0.2, -0.15) is 0 Å². The fraction of sp³-hybridized carbons (Fsp3) is 0.200. The lowest BCUT2D eigenvalue weighted by atomic mass is 9.84. The van der Waals surface area contributed by atoms with Gasteiger partial charge >= 0.3 is 0 Å².